The number of cyclic esters (lactones) is 1. The number of allylic oxidation sites excluding steroid dienone is 2. The van der Waals surface area contributed by atoms with Crippen LogP contribution in [-0.2, 0) is 32.1 Å². The molecule has 0 radical (unpaired) electrons. The molecule has 3 rings (SSSR count). The van der Waals surface area contributed by atoms with Gasteiger partial charge in [0.05, 0.1) is 24.5 Å². The molecule has 1 heterocycles. The van der Waals surface area contributed by atoms with Gasteiger partial charge in [0.1, 0.15) is 12.4 Å². The van der Waals surface area contributed by atoms with Crippen molar-refractivity contribution in [3.8, 4) is 0 Å². The van der Waals surface area contributed by atoms with Crippen LogP contribution >= 0.6 is 0 Å². The van der Waals surface area contributed by atoms with Crippen LogP contribution in [0.25, 0.3) is 0 Å². The molecule has 0 fully saturated rings. The first-order valence-corrected chi connectivity index (χ1v) is 12.6. The van der Waals surface area contributed by atoms with Crippen LogP contribution in [0.5, 0.6) is 0 Å². The Balaban J connectivity index is 1.70. The highest BCUT2D eigenvalue weighted by Gasteiger charge is 2.27. The van der Waals surface area contributed by atoms with Crippen LogP contribution in [0.4, 0.5) is 4.39 Å². The van der Waals surface area contributed by atoms with Gasteiger partial charge in [0, 0.05) is 19.5 Å². The number of hydrogen-bond acceptors (Lipinski definition) is 5. The van der Waals surface area contributed by atoms with Crippen molar-refractivity contribution < 1.29 is 28.6 Å². The Labute approximate surface area is 217 Å². The number of rotatable bonds is 8. The monoisotopic (exact) mass is 510 g/mol. The van der Waals surface area contributed by atoms with Crippen molar-refractivity contribution in [2.45, 2.75) is 45.2 Å². The number of hydrogen-bond donors (Lipinski definition) is 2. The lowest BCUT2D eigenvalue weighted by Gasteiger charge is -2.25. The average Bonchev–Trinajstić information content (AvgIpc) is 2.89. The molecule has 3 atom stereocenters. The maximum absolute atomic E-state index is 13.3. The summed E-state index contributed by atoms with van der Waals surface area (Å²) in [6.07, 6.45) is 4.79. The van der Waals surface area contributed by atoms with Crippen molar-refractivity contribution in [2.75, 3.05) is 19.8 Å². The molecular formula is C29H35FN2O5. The van der Waals surface area contributed by atoms with E-state index in [1.165, 1.54) is 12.1 Å². The first-order valence-electron chi connectivity index (χ1n) is 12.6. The van der Waals surface area contributed by atoms with Gasteiger partial charge in [-0.05, 0) is 49.4 Å². The maximum Gasteiger partial charge on any atom is 0.309 e. The number of carbonyl (C=O) groups is 3. The molecule has 1 aliphatic rings. The summed E-state index contributed by atoms with van der Waals surface area (Å²) in [4.78, 5) is 40.4. The number of nitrogens with one attached hydrogen (secondary N) is 1. The van der Waals surface area contributed by atoms with Crippen molar-refractivity contribution in [3.05, 3.63) is 83.7 Å². The van der Waals surface area contributed by atoms with Crippen LogP contribution in [0.3, 0.4) is 0 Å². The van der Waals surface area contributed by atoms with Gasteiger partial charge >= 0.3 is 5.97 Å². The third-order valence-corrected chi connectivity index (χ3v) is 6.33. The van der Waals surface area contributed by atoms with Crippen LogP contribution < -0.4 is 5.32 Å². The highest BCUT2D eigenvalue weighted by atomic mass is 19.1. The number of esters is 1. The van der Waals surface area contributed by atoms with Gasteiger partial charge in [-0.3, -0.25) is 14.4 Å². The van der Waals surface area contributed by atoms with Crippen LogP contribution in [0.1, 0.15) is 37.3 Å². The Morgan fingerprint density at radius 2 is 1.70 bits per heavy atom. The van der Waals surface area contributed by atoms with E-state index in [-0.39, 0.29) is 49.8 Å². The Kier molecular flexibility index (Phi) is 10.8. The molecule has 2 N–H and O–H groups in total. The third kappa shape index (κ3) is 9.13. The number of aliphatic hydroxyl groups is 1. The lowest BCUT2D eigenvalue weighted by Crippen LogP contribution is -2.43. The molecule has 0 saturated carbocycles. The lowest BCUT2D eigenvalue weighted by atomic mass is 9.94. The van der Waals surface area contributed by atoms with Crippen molar-refractivity contribution >= 4 is 17.8 Å². The number of aliphatic hydroxyl groups excluding tert-OH is 1. The van der Waals surface area contributed by atoms with E-state index in [9.17, 15) is 23.9 Å². The summed E-state index contributed by atoms with van der Waals surface area (Å²) in [5.74, 6) is -2.26. The van der Waals surface area contributed by atoms with E-state index in [0.29, 0.717) is 25.8 Å². The Morgan fingerprint density at radius 3 is 2.38 bits per heavy atom. The van der Waals surface area contributed by atoms with E-state index in [1.54, 1.807) is 24.0 Å². The molecule has 0 spiro atoms. The molecule has 0 unspecified atom stereocenters. The Bertz CT molecular complexity index is 1060. The van der Waals surface area contributed by atoms with E-state index in [1.807, 2.05) is 42.5 Å². The molecule has 198 valence electrons. The minimum absolute atomic E-state index is 0.00543. The van der Waals surface area contributed by atoms with Crippen molar-refractivity contribution in [2.24, 2.45) is 11.8 Å². The van der Waals surface area contributed by atoms with Crippen LogP contribution in [-0.4, -0.2) is 53.6 Å². The number of carbonyl (C=O) groups excluding carboxylic acids is 3. The van der Waals surface area contributed by atoms with Gasteiger partial charge in [-0.2, -0.15) is 0 Å². The smallest absolute Gasteiger partial charge is 0.309 e. The van der Waals surface area contributed by atoms with Gasteiger partial charge in [-0.15, -0.1) is 0 Å². The summed E-state index contributed by atoms with van der Waals surface area (Å²) >= 11 is 0. The quantitative estimate of drug-likeness (QED) is 0.419. The standard InChI is InChI=1S/C29H35FN2O5/c1-21-20-37-29(36)25(17-22-11-13-26(30)14-12-22)10-6-5-9-24(28(35)31-21)18-27(34)32(15-16-33)19-23-7-3-2-4-8-23/h2-8,11-14,21,24-25,33H,9-10,15-20H2,1H3,(H,31,35)/b6-5-/t21-,24+,25+/m0/s1. The zero-order chi connectivity index (χ0) is 26.6. The van der Waals surface area contributed by atoms with Gasteiger partial charge in [-0.25, -0.2) is 4.39 Å². The summed E-state index contributed by atoms with van der Waals surface area (Å²) in [5.41, 5.74) is 1.77. The summed E-state index contributed by atoms with van der Waals surface area (Å²) < 4.78 is 18.7. The average molecular weight is 511 g/mol. The first kappa shape index (κ1) is 28.1. The first-order chi connectivity index (χ1) is 17.9. The number of halogens is 1. The van der Waals surface area contributed by atoms with Gasteiger partial charge in [0.2, 0.25) is 11.8 Å². The molecule has 7 nitrogen and oxygen atoms in total. The summed E-state index contributed by atoms with van der Waals surface area (Å²) in [7, 11) is 0. The fraction of sp³-hybridized carbons (Fsp3) is 0.414. The van der Waals surface area contributed by atoms with Gasteiger partial charge < -0.3 is 20.1 Å². The second kappa shape index (κ2) is 14.3. The van der Waals surface area contributed by atoms with E-state index in [4.69, 9.17) is 4.74 Å². The van der Waals surface area contributed by atoms with Crippen molar-refractivity contribution in [1.82, 2.24) is 10.2 Å². The molecule has 0 bridgehead atoms. The largest absolute Gasteiger partial charge is 0.463 e. The predicted molar refractivity (Wildman–Crippen MR) is 138 cm³/mol. The Hall–Kier alpha value is -3.52. The second-order valence-electron chi connectivity index (χ2n) is 9.44. The highest BCUT2D eigenvalue weighted by molar-refractivity contribution is 5.86. The minimum Gasteiger partial charge on any atom is -0.463 e. The van der Waals surface area contributed by atoms with E-state index < -0.39 is 17.9 Å². The fourth-order valence-corrected chi connectivity index (χ4v) is 4.26. The van der Waals surface area contributed by atoms with Gasteiger partial charge in [0.25, 0.3) is 0 Å². The number of nitrogens with zero attached hydrogens (tertiary/aromatic N) is 1. The molecule has 0 saturated heterocycles. The van der Waals surface area contributed by atoms with Crippen LogP contribution in [0, 0.1) is 17.7 Å². The van der Waals surface area contributed by atoms with E-state index in [2.05, 4.69) is 5.32 Å². The fourth-order valence-electron chi connectivity index (χ4n) is 4.26. The lowest BCUT2D eigenvalue weighted by molar-refractivity contribution is -0.149. The molecule has 37 heavy (non-hydrogen) atoms. The van der Waals surface area contributed by atoms with Crippen LogP contribution in [0.2, 0.25) is 0 Å². The highest BCUT2D eigenvalue weighted by Crippen LogP contribution is 2.19. The predicted octanol–water partition coefficient (Wildman–Crippen LogP) is 3.41. The second-order valence-corrected chi connectivity index (χ2v) is 9.44. The summed E-state index contributed by atoms with van der Waals surface area (Å²) in [6.45, 7) is 2.11. The zero-order valence-corrected chi connectivity index (χ0v) is 21.1. The molecule has 0 aromatic heterocycles. The zero-order valence-electron chi connectivity index (χ0n) is 21.1. The minimum atomic E-state index is -0.603. The molecule has 2 amide bonds. The Morgan fingerprint density at radius 1 is 1.03 bits per heavy atom. The molecule has 2 aromatic rings. The number of amides is 2. The number of ether oxygens (including phenoxy) is 1. The SMILES string of the molecule is C[C@H]1COC(=O)[C@@H](Cc2ccc(F)cc2)C/C=C\C[C@H](CC(=O)N(CCO)Cc2ccccc2)C(=O)N1. The normalized spacial score (nSPS) is 21.6. The summed E-state index contributed by atoms with van der Waals surface area (Å²) in [6, 6.07) is 15.1. The maximum atomic E-state index is 13.3. The van der Waals surface area contributed by atoms with Crippen molar-refractivity contribution in [1.29, 1.82) is 0 Å². The van der Waals surface area contributed by atoms with E-state index >= 15 is 0 Å². The molecule has 2 aromatic carbocycles. The molecule has 8 heteroatoms. The van der Waals surface area contributed by atoms with Gasteiger partial charge in [0.15, 0.2) is 0 Å². The third-order valence-electron chi connectivity index (χ3n) is 6.33. The van der Waals surface area contributed by atoms with Crippen molar-refractivity contribution in [3.63, 3.8) is 0 Å². The van der Waals surface area contributed by atoms with Gasteiger partial charge in [-0.1, -0.05) is 54.6 Å². The number of benzene rings is 2. The molecule has 0 aliphatic carbocycles. The molecule has 1 aliphatic heterocycles. The van der Waals surface area contributed by atoms with Crippen LogP contribution in [0.15, 0.2) is 66.7 Å². The topological polar surface area (TPSA) is 95.9 Å². The van der Waals surface area contributed by atoms with E-state index in [0.717, 1.165) is 11.1 Å². The molecular weight excluding hydrogens is 475 g/mol. The summed E-state index contributed by atoms with van der Waals surface area (Å²) in [5, 5.41) is 12.3.